The number of aromatic nitrogens is 1. The largest absolute Gasteiger partial charge is 0.486 e. The van der Waals surface area contributed by atoms with Gasteiger partial charge in [-0.05, 0) is 31.2 Å². The van der Waals surface area contributed by atoms with E-state index in [0.717, 1.165) is 29.5 Å². The molecule has 1 heterocycles. The molecule has 0 saturated carbocycles. The lowest BCUT2D eigenvalue weighted by atomic mass is 10.2. The fourth-order valence-corrected chi connectivity index (χ4v) is 2.93. The lowest BCUT2D eigenvalue weighted by molar-refractivity contribution is 0.180. The minimum absolute atomic E-state index is 0.497. The van der Waals surface area contributed by atoms with Crippen molar-refractivity contribution in [2.75, 3.05) is 13.7 Å². The van der Waals surface area contributed by atoms with Gasteiger partial charge in [0.25, 0.3) is 0 Å². The van der Waals surface area contributed by atoms with Crippen LogP contribution in [0.4, 0.5) is 0 Å². The average Bonchev–Trinajstić information content (AvgIpc) is 2.86. The predicted molar refractivity (Wildman–Crippen MR) is 85.7 cm³/mol. The van der Waals surface area contributed by atoms with Crippen LogP contribution in [-0.4, -0.2) is 18.6 Å². The number of aryl methyl sites for hydroxylation is 1. The standard InChI is InChI=1S/C16H22N2O2S/c1-4-17-9-15-14(10-19-3)18-16(21-15)11-20-13-7-5-6-12(2)8-13/h5-8,17H,4,9-11H2,1-3H3. The van der Waals surface area contributed by atoms with E-state index in [1.54, 1.807) is 18.4 Å². The monoisotopic (exact) mass is 306 g/mol. The van der Waals surface area contributed by atoms with Crippen molar-refractivity contribution >= 4 is 11.3 Å². The summed E-state index contributed by atoms with van der Waals surface area (Å²) in [5.41, 5.74) is 2.20. The average molecular weight is 306 g/mol. The Hall–Kier alpha value is -1.43. The van der Waals surface area contributed by atoms with E-state index in [4.69, 9.17) is 9.47 Å². The van der Waals surface area contributed by atoms with Crippen LogP contribution < -0.4 is 10.1 Å². The molecular weight excluding hydrogens is 284 g/mol. The molecule has 4 nitrogen and oxygen atoms in total. The van der Waals surface area contributed by atoms with Crippen LogP contribution in [0.25, 0.3) is 0 Å². The first-order valence-corrected chi connectivity index (χ1v) is 7.91. The first kappa shape index (κ1) is 15.9. The highest BCUT2D eigenvalue weighted by Crippen LogP contribution is 2.22. The van der Waals surface area contributed by atoms with E-state index >= 15 is 0 Å². The third-order valence-corrected chi connectivity index (χ3v) is 4.06. The quantitative estimate of drug-likeness (QED) is 0.813. The number of hydrogen-bond donors (Lipinski definition) is 1. The summed E-state index contributed by atoms with van der Waals surface area (Å²) in [7, 11) is 1.69. The number of nitrogens with one attached hydrogen (secondary N) is 1. The van der Waals surface area contributed by atoms with Gasteiger partial charge < -0.3 is 14.8 Å². The van der Waals surface area contributed by atoms with E-state index in [1.165, 1.54) is 10.4 Å². The molecule has 21 heavy (non-hydrogen) atoms. The summed E-state index contributed by atoms with van der Waals surface area (Å²) < 4.78 is 11.0. The zero-order chi connectivity index (χ0) is 15.1. The highest BCUT2D eigenvalue weighted by atomic mass is 32.1. The molecule has 0 aliphatic carbocycles. The molecule has 0 spiro atoms. The van der Waals surface area contributed by atoms with Gasteiger partial charge in [0.15, 0.2) is 0 Å². The minimum atomic E-state index is 0.497. The van der Waals surface area contributed by atoms with E-state index in [0.29, 0.717) is 13.2 Å². The maximum Gasteiger partial charge on any atom is 0.140 e. The Balaban J connectivity index is 2.02. The summed E-state index contributed by atoms with van der Waals surface area (Å²) in [5.74, 6) is 0.881. The highest BCUT2D eigenvalue weighted by molar-refractivity contribution is 7.11. The SMILES string of the molecule is CCNCc1sc(COc2cccc(C)c2)nc1COC. The van der Waals surface area contributed by atoms with Crippen molar-refractivity contribution in [2.24, 2.45) is 0 Å². The zero-order valence-electron chi connectivity index (χ0n) is 12.8. The van der Waals surface area contributed by atoms with Gasteiger partial charge in [0.05, 0.1) is 12.3 Å². The Morgan fingerprint density at radius 1 is 1.29 bits per heavy atom. The third kappa shape index (κ3) is 4.81. The number of hydrogen-bond acceptors (Lipinski definition) is 5. The molecule has 0 unspecified atom stereocenters. The first-order valence-electron chi connectivity index (χ1n) is 7.09. The molecule has 1 aromatic carbocycles. The van der Waals surface area contributed by atoms with Crippen LogP contribution in [0.2, 0.25) is 0 Å². The molecule has 0 atom stereocenters. The minimum Gasteiger partial charge on any atom is -0.486 e. The van der Waals surface area contributed by atoms with Crippen LogP contribution in [0.5, 0.6) is 5.75 Å². The molecule has 5 heteroatoms. The van der Waals surface area contributed by atoms with Crippen molar-refractivity contribution in [3.8, 4) is 5.75 Å². The molecular formula is C16H22N2O2S. The van der Waals surface area contributed by atoms with Crippen molar-refractivity contribution < 1.29 is 9.47 Å². The second-order valence-electron chi connectivity index (χ2n) is 4.80. The van der Waals surface area contributed by atoms with Gasteiger partial charge in [-0.2, -0.15) is 0 Å². The third-order valence-electron chi connectivity index (χ3n) is 2.99. The zero-order valence-corrected chi connectivity index (χ0v) is 13.6. The second kappa shape index (κ2) is 8.12. The molecule has 0 aliphatic heterocycles. The number of nitrogens with zero attached hydrogens (tertiary/aromatic N) is 1. The normalized spacial score (nSPS) is 10.8. The van der Waals surface area contributed by atoms with Crippen molar-refractivity contribution in [3.63, 3.8) is 0 Å². The number of methoxy groups -OCH3 is 1. The molecule has 1 aromatic heterocycles. The Labute approximate surface area is 130 Å². The summed E-state index contributed by atoms with van der Waals surface area (Å²) in [4.78, 5) is 5.84. The molecule has 0 fully saturated rings. The number of rotatable bonds is 8. The lowest BCUT2D eigenvalue weighted by Crippen LogP contribution is -2.12. The molecule has 0 saturated heterocycles. The number of benzene rings is 1. The smallest absolute Gasteiger partial charge is 0.140 e. The van der Waals surface area contributed by atoms with Crippen LogP contribution in [0, 0.1) is 6.92 Å². The van der Waals surface area contributed by atoms with Gasteiger partial charge in [-0.15, -0.1) is 11.3 Å². The Kier molecular flexibility index (Phi) is 6.17. The predicted octanol–water partition coefficient (Wildman–Crippen LogP) is 3.29. The maximum atomic E-state index is 5.81. The molecule has 1 N–H and O–H groups in total. The van der Waals surface area contributed by atoms with Gasteiger partial charge in [-0.25, -0.2) is 4.98 Å². The van der Waals surface area contributed by atoms with E-state index in [9.17, 15) is 0 Å². The Morgan fingerprint density at radius 2 is 2.14 bits per heavy atom. The van der Waals surface area contributed by atoms with Crippen molar-refractivity contribution in [1.82, 2.24) is 10.3 Å². The van der Waals surface area contributed by atoms with Gasteiger partial charge in [0.1, 0.15) is 17.4 Å². The van der Waals surface area contributed by atoms with Crippen molar-refractivity contribution in [3.05, 3.63) is 45.4 Å². The molecule has 0 amide bonds. The van der Waals surface area contributed by atoms with E-state index in [2.05, 4.69) is 30.2 Å². The van der Waals surface area contributed by atoms with Gasteiger partial charge in [0.2, 0.25) is 0 Å². The Morgan fingerprint density at radius 3 is 2.86 bits per heavy atom. The molecule has 0 aliphatic rings. The highest BCUT2D eigenvalue weighted by Gasteiger charge is 2.11. The summed E-state index contributed by atoms with van der Waals surface area (Å²) in [6.07, 6.45) is 0. The molecule has 2 rings (SSSR count). The van der Waals surface area contributed by atoms with E-state index in [-0.39, 0.29) is 0 Å². The molecule has 0 bridgehead atoms. The molecule has 2 aromatic rings. The Bertz CT molecular complexity index is 569. The number of ether oxygens (including phenoxy) is 2. The first-order chi connectivity index (χ1) is 10.2. The van der Waals surface area contributed by atoms with Crippen LogP contribution in [0.1, 0.15) is 28.1 Å². The topological polar surface area (TPSA) is 43.4 Å². The van der Waals surface area contributed by atoms with Crippen LogP contribution in [0.15, 0.2) is 24.3 Å². The molecule has 114 valence electrons. The fraction of sp³-hybridized carbons (Fsp3) is 0.438. The van der Waals surface area contributed by atoms with Crippen molar-refractivity contribution in [1.29, 1.82) is 0 Å². The van der Waals surface area contributed by atoms with Gasteiger partial charge in [-0.3, -0.25) is 0 Å². The summed E-state index contributed by atoms with van der Waals surface area (Å²) >= 11 is 1.68. The van der Waals surface area contributed by atoms with Crippen LogP contribution in [-0.2, 0) is 24.5 Å². The van der Waals surface area contributed by atoms with E-state index < -0.39 is 0 Å². The lowest BCUT2D eigenvalue weighted by Gasteiger charge is -2.04. The van der Waals surface area contributed by atoms with Gasteiger partial charge in [0, 0.05) is 18.5 Å². The molecule has 0 radical (unpaired) electrons. The van der Waals surface area contributed by atoms with Gasteiger partial charge >= 0.3 is 0 Å². The second-order valence-corrected chi connectivity index (χ2v) is 5.96. The van der Waals surface area contributed by atoms with Crippen LogP contribution >= 0.6 is 11.3 Å². The summed E-state index contributed by atoms with van der Waals surface area (Å²) in [6.45, 7) is 6.97. The number of thiazole rings is 1. The summed E-state index contributed by atoms with van der Waals surface area (Å²) in [6, 6.07) is 8.06. The van der Waals surface area contributed by atoms with Crippen LogP contribution in [0.3, 0.4) is 0 Å². The summed E-state index contributed by atoms with van der Waals surface area (Å²) in [5, 5.41) is 4.31. The van der Waals surface area contributed by atoms with E-state index in [1.807, 2.05) is 18.2 Å². The maximum absolute atomic E-state index is 5.81. The van der Waals surface area contributed by atoms with Crippen molar-refractivity contribution in [2.45, 2.75) is 33.6 Å². The fourth-order valence-electron chi connectivity index (χ4n) is 1.97. The van der Waals surface area contributed by atoms with Gasteiger partial charge in [-0.1, -0.05) is 19.1 Å².